The summed E-state index contributed by atoms with van der Waals surface area (Å²) in [4.78, 5) is 15.3. The Morgan fingerprint density at radius 3 is 3.00 bits per heavy atom. The summed E-state index contributed by atoms with van der Waals surface area (Å²) in [6.45, 7) is 3.14. The van der Waals surface area contributed by atoms with E-state index in [1.807, 2.05) is 6.92 Å². The largest absolute Gasteiger partial charge is 0.478 e. The maximum atomic E-state index is 11.0. The van der Waals surface area contributed by atoms with E-state index in [-0.39, 0.29) is 11.7 Å². The van der Waals surface area contributed by atoms with Gasteiger partial charge in [-0.05, 0) is 31.7 Å². The lowest BCUT2D eigenvalue weighted by atomic mass is 10.1. The summed E-state index contributed by atoms with van der Waals surface area (Å²) in [5, 5.41) is 9.04. The van der Waals surface area contributed by atoms with Crippen LogP contribution in [0.4, 0.5) is 0 Å². The molecule has 1 aromatic rings. The molecule has 2 heterocycles. The Hall–Kier alpha value is -1.62. The van der Waals surface area contributed by atoms with Crippen LogP contribution in [0.15, 0.2) is 12.1 Å². The van der Waals surface area contributed by atoms with Gasteiger partial charge in [-0.2, -0.15) is 0 Å². The monoisotopic (exact) mass is 265 g/mol. The van der Waals surface area contributed by atoms with Gasteiger partial charge >= 0.3 is 5.97 Å². The van der Waals surface area contributed by atoms with E-state index in [4.69, 9.17) is 14.6 Å². The van der Waals surface area contributed by atoms with Gasteiger partial charge in [0.1, 0.15) is 6.61 Å². The van der Waals surface area contributed by atoms with Crippen molar-refractivity contribution in [1.82, 2.24) is 4.98 Å². The van der Waals surface area contributed by atoms with Crippen molar-refractivity contribution < 1.29 is 19.4 Å². The van der Waals surface area contributed by atoms with E-state index in [0.717, 1.165) is 31.6 Å². The lowest BCUT2D eigenvalue weighted by Gasteiger charge is -2.22. The number of ether oxygens (including phenoxy) is 2. The molecule has 1 aromatic heterocycles. The number of aromatic nitrogens is 1. The van der Waals surface area contributed by atoms with Gasteiger partial charge in [0.05, 0.1) is 11.7 Å². The summed E-state index contributed by atoms with van der Waals surface area (Å²) in [6.07, 6.45) is 4.01. The number of aromatic carboxylic acids is 1. The normalized spacial score (nSPS) is 19.1. The quantitative estimate of drug-likeness (QED) is 0.884. The smallest absolute Gasteiger partial charge is 0.335 e. The van der Waals surface area contributed by atoms with Crippen LogP contribution in [0.5, 0.6) is 5.88 Å². The fraction of sp³-hybridized carbons (Fsp3) is 0.571. The fourth-order valence-electron chi connectivity index (χ4n) is 2.06. The summed E-state index contributed by atoms with van der Waals surface area (Å²) in [5.41, 5.74) is 0.936. The van der Waals surface area contributed by atoms with Crippen LogP contribution in [0.25, 0.3) is 0 Å². The number of carboxylic acid groups (broad SMARTS) is 1. The maximum Gasteiger partial charge on any atom is 0.335 e. The Kier molecular flexibility index (Phi) is 4.74. The lowest BCUT2D eigenvalue weighted by Crippen LogP contribution is -2.26. The molecule has 0 saturated carbocycles. The second-order valence-electron chi connectivity index (χ2n) is 4.64. The van der Waals surface area contributed by atoms with Crippen LogP contribution in [-0.4, -0.2) is 35.4 Å². The van der Waals surface area contributed by atoms with Crippen molar-refractivity contribution in [2.24, 2.45) is 0 Å². The Balaban J connectivity index is 2.02. The third-order valence-corrected chi connectivity index (χ3v) is 3.16. The van der Waals surface area contributed by atoms with Gasteiger partial charge in [0.25, 0.3) is 0 Å². The molecule has 0 radical (unpaired) electrons. The van der Waals surface area contributed by atoms with Crippen LogP contribution in [0.3, 0.4) is 0 Å². The number of hydrogen-bond donors (Lipinski definition) is 1. The molecule has 1 unspecified atom stereocenters. The van der Waals surface area contributed by atoms with Crippen molar-refractivity contribution in [1.29, 1.82) is 0 Å². The zero-order valence-corrected chi connectivity index (χ0v) is 11.1. The van der Waals surface area contributed by atoms with E-state index in [9.17, 15) is 4.79 Å². The fourth-order valence-corrected chi connectivity index (χ4v) is 2.06. The SMILES string of the molecule is CCc1cc(C(=O)O)cc(OCC2CCCCO2)n1. The number of carbonyl (C=O) groups is 1. The molecule has 0 aromatic carbocycles. The molecule has 1 N–H and O–H groups in total. The zero-order chi connectivity index (χ0) is 13.7. The Morgan fingerprint density at radius 2 is 2.37 bits per heavy atom. The van der Waals surface area contributed by atoms with Crippen LogP contribution in [0, 0.1) is 0 Å². The summed E-state index contributed by atoms with van der Waals surface area (Å²) in [5.74, 6) is -0.596. The number of hydrogen-bond acceptors (Lipinski definition) is 4. The van der Waals surface area contributed by atoms with Gasteiger partial charge in [0.15, 0.2) is 0 Å². The Labute approximate surface area is 112 Å². The average Bonchev–Trinajstić information content (AvgIpc) is 2.45. The molecule has 0 aliphatic carbocycles. The molecular weight excluding hydrogens is 246 g/mol. The Morgan fingerprint density at radius 1 is 1.53 bits per heavy atom. The van der Waals surface area contributed by atoms with Crippen molar-refractivity contribution in [3.8, 4) is 5.88 Å². The van der Waals surface area contributed by atoms with E-state index in [1.165, 1.54) is 6.07 Å². The number of aryl methyl sites for hydroxylation is 1. The lowest BCUT2D eigenvalue weighted by molar-refractivity contribution is -0.0119. The van der Waals surface area contributed by atoms with Gasteiger partial charge in [0, 0.05) is 18.4 Å². The molecule has 104 valence electrons. The number of carboxylic acids is 1. The first kappa shape index (κ1) is 13.8. The highest BCUT2D eigenvalue weighted by Crippen LogP contribution is 2.17. The summed E-state index contributed by atoms with van der Waals surface area (Å²) in [6, 6.07) is 3.04. The average molecular weight is 265 g/mol. The zero-order valence-electron chi connectivity index (χ0n) is 11.1. The van der Waals surface area contributed by atoms with Crippen molar-refractivity contribution >= 4 is 5.97 Å². The van der Waals surface area contributed by atoms with Crippen LogP contribution < -0.4 is 4.74 Å². The van der Waals surface area contributed by atoms with Crippen molar-refractivity contribution in [2.45, 2.75) is 38.7 Å². The molecule has 2 rings (SSSR count). The van der Waals surface area contributed by atoms with Crippen molar-refractivity contribution in [3.05, 3.63) is 23.4 Å². The van der Waals surface area contributed by atoms with Crippen LogP contribution in [0.1, 0.15) is 42.2 Å². The molecule has 1 aliphatic heterocycles. The highest BCUT2D eigenvalue weighted by atomic mass is 16.5. The van der Waals surface area contributed by atoms with Gasteiger partial charge in [0.2, 0.25) is 5.88 Å². The minimum atomic E-state index is -0.962. The van der Waals surface area contributed by atoms with Gasteiger partial charge in [-0.25, -0.2) is 9.78 Å². The molecule has 5 heteroatoms. The van der Waals surface area contributed by atoms with E-state index < -0.39 is 5.97 Å². The number of nitrogens with zero attached hydrogens (tertiary/aromatic N) is 1. The minimum absolute atomic E-state index is 0.0918. The van der Waals surface area contributed by atoms with Gasteiger partial charge < -0.3 is 14.6 Å². The van der Waals surface area contributed by atoms with Crippen LogP contribution in [-0.2, 0) is 11.2 Å². The molecule has 0 amide bonds. The van der Waals surface area contributed by atoms with Crippen molar-refractivity contribution in [2.75, 3.05) is 13.2 Å². The summed E-state index contributed by atoms with van der Waals surface area (Å²) < 4.78 is 11.1. The van der Waals surface area contributed by atoms with E-state index in [1.54, 1.807) is 6.07 Å². The minimum Gasteiger partial charge on any atom is -0.478 e. The first-order chi connectivity index (χ1) is 9.19. The first-order valence-corrected chi connectivity index (χ1v) is 6.67. The topological polar surface area (TPSA) is 68.7 Å². The molecule has 0 spiro atoms. The highest BCUT2D eigenvalue weighted by Gasteiger charge is 2.15. The molecule has 1 saturated heterocycles. The number of rotatable bonds is 5. The Bertz CT molecular complexity index is 441. The highest BCUT2D eigenvalue weighted by molar-refractivity contribution is 5.88. The van der Waals surface area contributed by atoms with Gasteiger partial charge in [-0.15, -0.1) is 0 Å². The molecule has 5 nitrogen and oxygen atoms in total. The summed E-state index contributed by atoms with van der Waals surface area (Å²) >= 11 is 0. The van der Waals surface area contributed by atoms with E-state index >= 15 is 0 Å². The standard InChI is InChI=1S/C14H19NO4/c1-2-11-7-10(14(16)17)8-13(15-11)19-9-12-5-3-4-6-18-12/h7-8,12H,2-6,9H2,1H3,(H,16,17). The van der Waals surface area contributed by atoms with E-state index in [2.05, 4.69) is 4.98 Å². The molecule has 1 aliphatic rings. The van der Waals surface area contributed by atoms with Gasteiger partial charge in [-0.3, -0.25) is 0 Å². The van der Waals surface area contributed by atoms with E-state index in [0.29, 0.717) is 18.9 Å². The first-order valence-electron chi connectivity index (χ1n) is 6.67. The summed E-state index contributed by atoms with van der Waals surface area (Å²) in [7, 11) is 0. The third kappa shape index (κ3) is 3.92. The molecular formula is C14H19NO4. The van der Waals surface area contributed by atoms with Crippen LogP contribution >= 0.6 is 0 Å². The third-order valence-electron chi connectivity index (χ3n) is 3.16. The predicted molar refractivity (Wildman–Crippen MR) is 69.7 cm³/mol. The molecule has 0 bridgehead atoms. The van der Waals surface area contributed by atoms with Crippen molar-refractivity contribution in [3.63, 3.8) is 0 Å². The predicted octanol–water partition coefficient (Wildman–Crippen LogP) is 2.29. The second-order valence-corrected chi connectivity index (χ2v) is 4.64. The maximum absolute atomic E-state index is 11.0. The second kappa shape index (κ2) is 6.52. The molecule has 1 atom stereocenters. The van der Waals surface area contributed by atoms with Gasteiger partial charge in [-0.1, -0.05) is 6.92 Å². The molecule has 1 fully saturated rings. The number of pyridine rings is 1. The van der Waals surface area contributed by atoms with Crippen LogP contribution in [0.2, 0.25) is 0 Å². The molecule has 19 heavy (non-hydrogen) atoms.